The van der Waals surface area contributed by atoms with Crippen LogP contribution in [0.4, 0.5) is 0 Å². The average molecular weight is 301 g/mol. The van der Waals surface area contributed by atoms with Crippen LogP contribution >= 0.6 is 0 Å². The zero-order valence-corrected chi connectivity index (χ0v) is 15.4. The molecule has 1 heterocycles. The lowest BCUT2D eigenvalue weighted by atomic mass is 10.4. The van der Waals surface area contributed by atoms with E-state index in [9.17, 15) is 0 Å². The molecule has 2 aliphatic carbocycles. The van der Waals surface area contributed by atoms with E-state index in [1.54, 1.807) is 0 Å². The molecule has 2 heteroatoms. The maximum Gasteiger partial charge on any atom is 0.109 e. The van der Waals surface area contributed by atoms with Gasteiger partial charge < -0.3 is 0 Å². The molecule has 3 aliphatic rings. The van der Waals surface area contributed by atoms with Gasteiger partial charge >= 0.3 is 0 Å². The first-order valence-electron chi connectivity index (χ1n) is 8.47. The lowest BCUT2D eigenvalue weighted by Gasteiger charge is -2.54. The highest BCUT2D eigenvalue weighted by Crippen LogP contribution is 2.62. The first-order chi connectivity index (χ1) is 9.70. The average Bonchev–Trinajstić information content (AvgIpc) is 3.15. The molecule has 1 aliphatic heterocycles. The van der Waals surface area contributed by atoms with E-state index in [1.807, 2.05) is 10.4 Å². The monoisotopic (exact) mass is 300 g/mol. The Balaban J connectivity index is 2.20. The lowest BCUT2D eigenvalue weighted by molar-refractivity contribution is 0.984. The molecule has 108 valence electrons. The Bertz CT molecular complexity index is 474. The summed E-state index contributed by atoms with van der Waals surface area (Å²) in [6.45, 7) is 9.84. The normalized spacial score (nSPS) is 31.8. The van der Waals surface area contributed by atoms with E-state index in [0.717, 1.165) is 11.1 Å². The summed E-state index contributed by atoms with van der Waals surface area (Å²) in [6.07, 6.45) is 15.0. The Kier molecular flexibility index (Phi) is 3.58. The maximum atomic E-state index is 2.59. The van der Waals surface area contributed by atoms with Crippen LogP contribution in [0.1, 0.15) is 27.7 Å². The molecule has 20 heavy (non-hydrogen) atoms. The minimum absolute atomic E-state index is 0.856. The van der Waals surface area contributed by atoms with E-state index < -0.39 is 16.1 Å². The topological polar surface area (TPSA) is 0 Å². The summed E-state index contributed by atoms with van der Waals surface area (Å²) in [6, 6.07) is 5.66. The molecule has 0 bridgehead atoms. The second kappa shape index (κ2) is 4.99. The SMILES string of the molecule is CC[Si]1(CC)C2=CC=CC2[Si](CC)(CC)C2C=CC=C21. The molecule has 2 atom stereocenters. The first kappa shape index (κ1) is 14.3. The van der Waals surface area contributed by atoms with Crippen molar-refractivity contribution in [1.29, 1.82) is 0 Å². The van der Waals surface area contributed by atoms with E-state index in [2.05, 4.69) is 64.2 Å². The van der Waals surface area contributed by atoms with Crippen LogP contribution in [0.15, 0.2) is 46.8 Å². The van der Waals surface area contributed by atoms with Crippen molar-refractivity contribution in [1.82, 2.24) is 0 Å². The molecule has 0 radical (unpaired) electrons. The number of allylic oxidation sites excluding steroid dienone is 8. The van der Waals surface area contributed by atoms with Gasteiger partial charge in [0, 0.05) is 0 Å². The number of rotatable bonds is 4. The fourth-order valence-electron chi connectivity index (χ4n) is 5.43. The summed E-state index contributed by atoms with van der Waals surface area (Å²) in [7, 11) is -2.67. The molecule has 0 N–H and O–H groups in total. The third-order valence-corrected chi connectivity index (χ3v) is 19.0. The Labute approximate surface area is 126 Å². The van der Waals surface area contributed by atoms with Gasteiger partial charge in [-0.1, -0.05) is 98.7 Å². The third kappa shape index (κ3) is 1.52. The minimum atomic E-state index is -1.38. The molecule has 0 aromatic carbocycles. The fourth-order valence-corrected chi connectivity index (χ4v) is 18.6. The number of hydrogen-bond donors (Lipinski definition) is 0. The predicted octanol–water partition coefficient (Wildman–Crippen LogP) is 5.79. The van der Waals surface area contributed by atoms with Gasteiger partial charge in [0.1, 0.15) is 8.07 Å². The van der Waals surface area contributed by atoms with E-state index >= 15 is 0 Å². The molecule has 1 saturated heterocycles. The van der Waals surface area contributed by atoms with Crippen molar-refractivity contribution in [3.8, 4) is 0 Å². The Morgan fingerprint density at radius 2 is 1.20 bits per heavy atom. The van der Waals surface area contributed by atoms with Crippen LogP contribution in [-0.4, -0.2) is 16.1 Å². The van der Waals surface area contributed by atoms with Crippen LogP contribution in [0.5, 0.6) is 0 Å². The van der Waals surface area contributed by atoms with Gasteiger partial charge in [-0.15, -0.1) is 0 Å². The largest absolute Gasteiger partial charge is 0.109 e. The summed E-state index contributed by atoms with van der Waals surface area (Å²) < 4.78 is 0. The molecular weight excluding hydrogens is 272 g/mol. The maximum absolute atomic E-state index is 2.59. The highest BCUT2D eigenvalue weighted by molar-refractivity contribution is 7.02. The molecule has 0 nitrogen and oxygen atoms in total. The van der Waals surface area contributed by atoms with E-state index in [1.165, 1.54) is 24.2 Å². The van der Waals surface area contributed by atoms with Crippen molar-refractivity contribution >= 4 is 16.1 Å². The van der Waals surface area contributed by atoms with Crippen molar-refractivity contribution in [2.24, 2.45) is 0 Å². The lowest BCUT2D eigenvalue weighted by Crippen LogP contribution is -2.57. The third-order valence-electron chi connectivity index (χ3n) is 6.70. The van der Waals surface area contributed by atoms with Crippen LogP contribution < -0.4 is 0 Å². The van der Waals surface area contributed by atoms with Gasteiger partial charge in [0.2, 0.25) is 0 Å². The zero-order chi connectivity index (χ0) is 14.4. The Morgan fingerprint density at radius 3 is 1.55 bits per heavy atom. The molecule has 0 amide bonds. The van der Waals surface area contributed by atoms with Crippen LogP contribution in [-0.2, 0) is 0 Å². The van der Waals surface area contributed by atoms with Crippen molar-refractivity contribution in [2.45, 2.75) is 63.0 Å². The summed E-state index contributed by atoms with van der Waals surface area (Å²) >= 11 is 0. The first-order valence-corrected chi connectivity index (χ1v) is 13.5. The smallest absolute Gasteiger partial charge is 0.0804 e. The highest BCUT2D eigenvalue weighted by atomic mass is 28.3. The van der Waals surface area contributed by atoms with Crippen LogP contribution in [0, 0.1) is 0 Å². The number of hydrogen-bond acceptors (Lipinski definition) is 0. The molecule has 0 spiro atoms. The van der Waals surface area contributed by atoms with Crippen LogP contribution in [0.2, 0.25) is 35.3 Å². The van der Waals surface area contributed by atoms with Gasteiger partial charge in [0.05, 0.1) is 8.07 Å². The van der Waals surface area contributed by atoms with Gasteiger partial charge in [-0.2, -0.15) is 0 Å². The molecular formula is C18H28Si2. The molecule has 0 saturated carbocycles. The van der Waals surface area contributed by atoms with Crippen molar-refractivity contribution in [3.63, 3.8) is 0 Å². The van der Waals surface area contributed by atoms with Gasteiger partial charge in [-0.3, -0.25) is 0 Å². The van der Waals surface area contributed by atoms with Gasteiger partial charge in [0.15, 0.2) is 0 Å². The standard InChI is InChI=1S/C18H28Si2/c1-5-19(6-2)15-11-9-13-17(15)20(7-3,8-4)18-14-10-12-16(18)19/h9-16H,5-8H2,1-4H3. The second-order valence-electron chi connectivity index (χ2n) is 6.70. The van der Waals surface area contributed by atoms with Crippen LogP contribution in [0.25, 0.3) is 0 Å². The van der Waals surface area contributed by atoms with Gasteiger partial charge in [-0.25, -0.2) is 0 Å². The quantitative estimate of drug-likeness (QED) is 0.577. The Hall–Kier alpha value is -0.606. The minimum Gasteiger partial charge on any atom is -0.0804 e. The zero-order valence-electron chi connectivity index (χ0n) is 13.4. The summed E-state index contributed by atoms with van der Waals surface area (Å²) in [5.41, 5.74) is 1.71. The highest BCUT2D eigenvalue weighted by Gasteiger charge is 2.58. The summed E-state index contributed by atoms with van der Waals surface area (Å²) in [5.74, 6) is 0. The fraction of sp³-hybridized carbons (Fsp3) is 0.556. The van der Waals surface area contributed by atoms with E-state index in [4.69, 9.17) is 0 Å². The Morgan fingerprint density at radius 1 is 0.750 bits per heavy atom. The summed E-state index contributed by atoms with van der Waals surface area (Å²) in [5, 5.41) is 3.81. The van der Waals surface area contributed by atoms with Crippen molar-refractivity contribution in [2.75, 3.05) is 0 Å². The predicted molar refractivity (Wildman–Crippen MR) is 95.4 cm³/mol. The molecule has 0 aromatic heterocycles. The van der Waals surface area contributed by atoms with Gasteiger partial charge in [-0.05, 0) is 11.1 Å². The van der Waals surface area contributed by atoms with E-state index in [0.29, 0.717) is 0 Å². The molecule has 1 fully saturated rings. The van der Waals surface area contributed by atoms with Crippen LogP contribution in [0.3, 0.4) is 0 Å². The molecule has 2 unspecified atom stereocenters. The van der Waals surface area contributed by atoms with E-state index in [-0.39, 0.29) is 0 Å². The summed E-state index contributed by atoms with van der Waals surface area (Å²) in [4.78, 5) is 0. The van der Waals surface area contributed by atoms with Gasteiger partial charge in [0.25, 0.3) is 0 Å². The molecule has 0 aromatic rings. The van der Waals surface area contributed by atoms with Crippen molar-refractivity contribution < 1.29 is 0 Å². The number of fused-ring (bicyclic) bond motifs is 2. The second-order valence-corrected chi connectivity index (χ2v) is 16.6. The van der Waals surface area contributed by atoms with Crippen molar-refractivity contribution in [3.05, 3.63) is 46.8 Å². The molecule has 3 rings (SSSR count).